The molecule has 2 amide bonds. The van der Waals surface area contributed by atoms with Crippen LogP contribution < -0.4 is 10.1 Å². The third-order valence-electron chi connectivity index (χ3n) is 3.51. The average Bonchev–Trinajstić information content (AvgIpc) is 2.58. The third kappa shape index (κ3) is 9.16. The molecule has 0 aliphatic rings. The normalized spacial score (nSPS) is 10.8. The van der Waals surface area contributed by atoms with Crippen molar-refractivity contribution in [3.05, 3.63) is 29.8 Å². The Kier molecular flexibility index (Phi) is 8.63. The molecule has 0 saturated heterocycles. The zero-order valence-corrected chi connectivity index (χ0v) is 17.0. The van der Waals surface area contributed by atoms with Gasteiger partial charge in [-0.1, -0.05) is 0 Å². The van der Waals surface area contributed by atoms with Gasteiger partial charge in [0.25, 0.3) is 5.91 Å². The Morgan fingerprint density at radius 2 is 1.68 bits per heavy atom. The Morgan fingerprint density at radius 3 is 2.21 bits per heavy atom. The van der Waals surface area contributed by atoms with Crippen molar-refractivity contribution in [2.45, 2.75) is 39.7 Å². The number of carbonyl (C=O) groups is 4. The fraction of sp³-hybridized carbons (Fsp3) is 0.500. The van der Waals surface area contributed by atoms with Gasteiger partial charge in [-0.2, -0.15) is 0 Å². The number of esters is 1. The zero-order valence-electron chi connectivity index (χ0n) is 17.0. The molecular formula is C20H28N2O6. The summed E-state index contributed by atoms with van der Waals surface area (Å²) < 4.78 is 10.3. The molecule has 1 N–H and O–H groups in total. The van der Waals surface area contributed by atoms with Gasteiger partial charge in [-0.25, -0.2) is 0 Å². The molecule has 8 nitrogen and oxygen atoms in total. The molecule has 0 fully saturated rings. The number of likely N-dealkylation sites (N-methyl/N-ethyl adjacent to an activating group) is 1. The van der Waals surface area contributed by atoms with Crippen molar-refractivity contribution in [2.75, 3.05) is 26.8 Å². The lowest BCUT2D eigenvalue weighted by atomic mass is 10.1. The fourth-order valence-corrected chi connectivity index (χ4v) is 2.12. The summed E-state index contributed by atoms with van der Waals surface area (Å²) >= 11 is 0. The summed E-state index contributed by atoms with van der Waals surface area (Å²) in [6, 6.07) is 6.56. The lowest BCUT2D eigenvalue weighted by Crippen LogP contribution is -2.46. The third-order valence-corrected chi connectivity index (χ3v) is 3.51. The second-order valence-electron chi connectivity index (χ2n) is 7.39. The molecule has 0 unspecified atom stereocenters. The van der Waals surface area contributed by atoms with Crippen molar-refractivity contribution in [1.29, 1.82) is 0 Å². The van der Waals surface area contributed by atoms with Crippen LogP contribution in [0, 0.1) is 0 Å². The predicted octanol–water partition coefficient (Wildman–Crippen LogP) is 1.57. The lowest BCUT2D eigenvalue weighted by molar-refractivity contribution is -0.152. The van der Waals surface area contributed by atoms with Crippen LogP contribution in [0.3, 0.4) is 0 Å². The van der Waals surface area contributed by atoms with E-state index < -0.39 is 18.5 Å². The largest absolute Gasteiger partial charge is 0.493 e. The molecule has 0 spiro atoms. The summed E-state index contributed by atoms with van der Waals surface area (Å²) in [5.41, 5.74) is 0.186. The first-order chi connectivity index (χ1) is 13.0. The number of nitrogens with zero attached hydrogens (tertiary/aromatic N) is 1. The number of carbonyl (C=O) groups excluding carboxylic acids is 4. The minimum Gasteiger partial charge on any atom is -0.493 e. The highest BCUT2D eigenvalue weighted by molar-refractivity contribution is 5.94. The van der Waals surface area contributed by atoms with Crippen molar-refractivity contribution in [3.63, 3.8) is 0 Å². The monoisotopic (exact) mass is 392 g/mol. The molecule has 0 aliphatic heterocycles. The van der Waals surface area contributed by atoms with E-state index in [4.69, 9.17) is 9.47 Å². The van der Waals surface area contributed by atoms with Gasteiger partial charge in [0.2, 0.25) is 5.91 Å². The number of rotatable bonds is 9. The molecule has 0 aliphatic carbocycles. The van der Waals surface area contributed by atoms with Gasteiger partial charge in [0.1, 0.15) is 5.75 Å². The highest BCUT2D eigenvalue weighted by Gasteiger charge is 2.18. The number of amides is 2. The van der Waals surface area contributed by atoms with Crippen LogP contribution in [0.1, 0.15) is 44.5 Å². The number of nitrogens with one attached hydrogen (secondary N) is 1. The SMILES string of the molecule is CC(=O)c1ccc(OCCC(=O)OCC(=O)N(C)CC(=O)NC(C)(C)C)cc1. The number of Topliss-reactive ketones (excluding diaryl/α,β-unsaturated/α-hetero) is 1. The minimum absolute atomic E-state index is 0.0318. The molecule has 0 bridgehead atoms. The van der Waals surface area contributed by atoms with E-state index in [2.05, 4.69) is 5.32 Å². The topological polar surface area (TPSA) is 102 Å². The van der Waals surface area contributed by atoms with Crippen molar-refractivity contribution < 1.29 is 28.7 Å². The smallest absolute Gasteiger partial charge is 0.309 e. The van der Waals surface area contributed by atoms with E-state index in [1.807, 2.05) is 20.8 Å². The van der Waals surface area contributed by atoms with Crippen LogP contribution >= 0.6 is 0 Å². The van der Waals surface area contributed by atoms with E-state index in [0.717, 1.165) is 0 Å². The molecule has 154 valence electrons. The molecule has 0 aromatic heterocycles. The standard InChI is InChI=1S/C20H28N2O6/c1-14(23)15-6-8-16(9-7-15)27-11-10-19(26)28-13-18(25)22(5)12-17(24)21-20(2,3)4/h6-9H,10-13H2,1-5H3,(H,21,24). The highest BCUT2D eigenvalue weighted by atomic mass is 16.5. The van der Waals surface area contributed by atoms with Crippen LogP contribution in [-0.4, -0.2) is 60.8 Å². The van der Waals surface area contributed by atoms with Gasteiger partial charge in [0.05, 0.1) is 19.6 Å². The van der Waals surface area contributed by atoms with Crippen molar-refractivity contribution in [3.8, 4) is 5.75 Å². The Bertz CT molecular complexity index is 706. The van der Waals surface area contributed by atoms with E-state index in [-0.39, 0.29) is 36.8 Å². The van der Waals surface area contributed by atoms with Gasteiger partial charge in [-0.05, 0) is 52.0 Å². The number of benzene rings is 1. The summed E-state index contributed by atoms with van der Waals surface area (Å²) in [5, 5.41) is 2.75. The highest BCUT2D eigenvalue weighted by Crippen LogP contribution is 2.12. The Morgan fingerprint density at radius 1 is 1.07 bits per heavy atom. The first-order valence-electron chi connectivity index (χ1n) is 8.92. The van der Waals surface area contributed by atoms with E-state index in [0.29, 0.717) is 11.3 Å². The maximum Gasteiger partial charge on any atom is 0.309 e. The summed E-state index contributed by atoms with van der Waals surface area (Å²) in [4.78, 5) is 47.9. The molecule has 1 rings (SSSR count). The van der Waals surface area contributed by atoms with Gasteiger partial charge >= 0.3 is 5.97 Å². The molecule has 28 heavy (non-hydrogen) atoms. The fourth-order valence-electron chi connectivity index (χ4n) is 2.12. The average molecular weight is 392 g/mol. The first kappa shape index (κ1) is 23.1. The molecule has 8 heteroatoms. The van der Waals surface area contributed by atoms with Gasteiger partial charge in [0, 0.05) is 18.2 Å². The van der Waals surface area contributed by atoms with Gasteiger partial charge in [0.15, 0.2) is 12.4 Å². The molecule has 0 atom stereocenters. The van der Waals surface area contributed by atoms with Gasteiger partial charge < -0.3 is 19.7 Å². The second kappa shape index (κ2) is 10.4. The molecule has 1 aromatic carbocycles. The van der Waals surface area contributed by atoms with Gasteiger partial charge in [-0.15, -0.1) is 0 Å². The number of hydrogen-bond acceptors (Lipinski definition) is 6. The predicted molar refractivity (Wildman–Crippen MR) is 103 cm³/mol. The van der Waals surface area contributed by atoms with Crippen LogP contribution in [0.2, 0.25) is 0 Å². The summed E-state index contributed by atoms with van der Waals surface area (Å²) in [6.45, 7) is 6.52. The van der Waals surface area contributed by atoms with E-state index >= 15 is 0 Å². The van der Waals surface area contributed by atoms with Crippen molar-refractivity contribution >= 4 is 23.6 Å². The summed E-state index contributed by atoms with van der Waals surface area (Å²) in [5.74, 6) is -0.864. The van der Waals surface area contributed by atoms with E-state index in [9.17, 15) is 19.2 Å². The van der Waals surface area contributed by atoms with Crippen LogP contribution in [0.5, 0.6) is 5.75 Å². The van der Waals surface area contributed by atoms with E-state index in [1.165, 1.54) is 18.9 Å². The minimum atomic E-state index is -0.582. The molecule has 0 heterocycles. The molecule has 0 radical (unpaired) electrons. The number of ketones is 1. The lowest BCUT2D eigenvalue weighted by Gasteiger charge is -2.23. The van der Waals surface area contributed by atoms with Crippen LogP contribution in [0.15, 0.2) is 24.3 Å². The van der Waals surface area contributed by atoms with Crippen LogP contribution in [0.4, 0.5) is 0 Å². The molecule has 0 saturated carbocycles. The zero-order chi connectivity index (χ0) is 21.3. The Labute approximate surface area is 165 Å². The number of ether oxygens (including phenoxy) is 2. The Balaban J connectivity index is 2.29. The first-order valence-corrected chi connectivity index (χ1v) is 8.92. The van der Waals surface area contributed by atoms with Gasteiger partial charge in [-0.3, -0.25) is 19.2 Å². The second-order valence-corrected chi connectivity index (χ2v) is 7.39. The maximum atomic E-state index is 11.9. The number of hydrogen-bond donors (Lipinski definition) is 1. The van der Waals surface area contributed by atoms with Crippen LogP contribution in [0.25, 0.3) is 0 Å². The Hall–Kier alpha value is -2.90. The molecular weight excluding hydrogens is 364 g/mol. The quantitative estimate of drug-likeness (QED) is 0.506. The van der Waals surface area contributed by atoms with E-state index in [1.54, 1.807) is 24.3 Å². The van der Waals surface area contributed by atoms with Crippen molar-refractivity contribution in [1.82, 2.24) is 10.2 Å². The molecule has 1 aromatic rings. The van der Waals surface area contributed by atoms with Crippen LogP contribution in [-0.2, 0) is 19.1 Å². The van der Waals surface area contributed by atoms with Crippen molar-refractivity contribution in [2.24, 2.45) is 0 Å². The maximum absolute atomic E-state index is 11.9. The summed E-state index contributed by atoms with van der Waals surface area (Å²) in [7, 11) is 1.46. The summed E-state index contributed by atoms with van der Waals surface area (Å²) in [6.07, 6.45) is -0.0318.